The Labute approximate surface area is 98.6 Å². The SMILES string of the molecule is N#CC1(N)CCCN(C2CCCCCC2)C1. The molecular weight excluding hydrogens is 198 g/mol. The normalized spacial score (nSPS) is 34.2. The average molecular weight is 221 g/mol. The van der Waals surface area contributed by atoms with Crippen LogP contribution in [-0.2, 0) is 0 Å². The molecule has 0 spiro atoms. The van der Waals surface area contributed by atoms with Gasteiger partial charge < -0.3 is 5.73 Å². The van der Waals surface area contributed by atoms with Gasteiger partial charge in [-0.15, -0.1) is 0 Å². The van der Waals surface area contributed by atoms with Crippen molar-refractivity contribution in [2.75, 3.05) is 13.1 Å². The minimum Gasteiger partial charge on any atom is -0.312 e. The van der Waals surface area contributed by atoms with Crippen LogP contribution >= 0.6 is 0 Å². The molecule has 16 heavy (non-hydrogen) atoms. The van der Waals surface area contributed by atoms with Gasteiger partial charge in [-0.25, -0.2) is 0 Å². The van der Waals surface area contributed by atoms with Crippen LogP contribution in [0.25, 0.3) is 0 Å². The second-order valence-corrected chi connectivity index (χ2v) is 5.49. The number of nitriles is 1. The van der Waals surface area contributed by atoms with E-state index in [1.165, 1.54) is 38.5 Å². The molecule has 2 fully saturated rings. The Balaban J connectivity index is 1.95. The third-order valence-electron chi connectivity index (χ3n) is 4.12. The smallest absolute Gasteiger partial charge is 0.117 e. The quantitative estimate of drug-likeness (QED) is 0.689. The number of rotatable bonds is 1. The lowest BCUT2D eigenvalue weighted by Crippen LogP contribution is -2.55. The van der Waals surface area contributed by atoms with E-state index >= 15 is 0 Å². The molecule has 1 atom stereocenters. The summed E-state index contributed by atoms with van der Waals surface area (Å²) in [6, 6.07) is 2.99. The van der Waals surface area contributed by atoms with Crippen LogP contribution in [0.2, 0.25) is 0 Å². The molecule has 1 saturated carbocycles. The third kappa shape index (κ3) is 2.75. The van der Waals surface area contributed by atoms with Gasteiger partial charge in [-0.1, -0.05) is 25.7 Å². The lowest BCUT2D eigenvalue weighted by molar-refractivity contribution is 0.116. The highest BCUT2D eigenvalue weighted by molar-refractivity contribution is 5.09. The Kier molecular flexibility index (Phi) is 3.83. The Morgan fingerprint density at radius 1 is 1.12 bits per heavy atom. The maximum atomic E-state index is 9.12. The van der Waals surface area contributed by atoms with Gasteiger partial charge in [-0.2, -0.15) is 5.26 Å². The van der Waals surface area contributed by atoms with Crippen molar-refractivity contribution in [1.82, 2.24) is 4.90 Å². The summed E-state index contributed by atoms with van der Waals surface area (Å²) in [7, 11) is 0. The van der Waals surface area contributed by atoms with E-state index in [-0.39, 0.29) is 0 Å². The molecule has 1 heterocycles. The number of nitrogens with two attached hydrogens (primary N) is 1. The molecule has 3 heteroatoms. The highest BCUT2D eigenvalue weighted by Crippen LogP contribution is 2.27. The Morgan fingerprint density at radius 2 is 1.81 bits per heavy atom. The lowest BCUT2D eigenvalue weighted by Gasteiger charge is -2.40. The van der Waals surface area contributed by atoms with E-state index in [4.69, 9.17) is 11.0 Å². The Morgan fingerprint density at radius 3 is 2.44 bits per heavy atom. The fraction of sp³-hybridized carbons (Fsp3) is 0.923. The lowest BCUT2D eigenvalue weighted by atomic mass is 9.90. The topological polar surface area (TPSA) is 53.1 Å². The van der Waals surface area contributed by atoms with E-state index in [0.29, 0.717) is 6.04 Å². The summed E-state index contributed by atoms with van der Waals surface area (Å²) < 4.78 is 0. The fourth-order valence-corrected chi connectivity index (χ4v) is 3.14. The van der Waals surface area contributed by atoms with Gasteiger partial charge in [0.15, 0.2) is 0 Å². The summed E-state index contributed by atoms with van der Waals surface area (Å²) >= 11 is 0. The first-order valence-electron chi connectivity index (χ1n) is 6.68. The molecule has 90 valence electrons. The number of piperidine rings is 1. The van der Waals surface area contributed by atoms with E-state index < -0.39 is 5.54 Å². The molecule has 0 aromatic carbocycles. The van der Waals surface area contributed by atoms with Gasteiger partial charge in [0.05, 0.1) is 6.07 Å². The largest absolute Gasteiger partial charge is 0.312 e. The highest BCUT2D eigenvalue weighted by Gasteiger charge is 2.34. The van der Waals surface area contributed by atoms with Crippen LogP contribution in [0.1, 0.15) is 51.4 Å². The molecule has 0 radical (unpaired) electrons. The zero-order valence-electron chi connectivity index (χ0n) is 10.1. The summed E-state index contributed by atoms with van der Waals surface area (Å²) in [4.78, 5) is 2.48. The molecule has 0 aromatic heterocycles. The van der Waals surface area contributed by atoms with Crippen molar-refractivity contribution >= 4 is 0 Å². The van der Waals surface area contributed by atoms with Gasteiger partial charge in [-0.05, 0) is 32.2 Å². The fourth-order valence-electron chi connectivity index (χ4n) is 3.14. The van der Waals surface area contributed by atoms with Crippen molar-refractivity contribution in [3.8, 4) is 6.07 Å². The van der Waals surface area contributed by atoms with E-state index in [1.807, 2.05) is 0 Å². The first-order valence-corrected chi connectivity index (χ1v) is 6.68. The maximum Gasteiger partial charge on any atom is 0.117 e. The first kappa shape index (κ1) is 11.9. The summed E-state index contributed by atoms with van der Waals surface area (Å²) in [5.74, 6) is 0. The Hall–Kier alpha value is -0.590. The van der Waals surface area contributed by atoms with Gasteiger partial charge in [-0.3, -0.25) is 4.90 Å². The van der Waals surface area contributed by atoms with Crippen molar-refractivity contribution in [2.45, 2.75) is 62.9 Å². The first-order chi connectivity index (χ1) is 7.73. The van der Waals surface area contributed by atoms with Crippen LogP contribution in [0.5, 0.6) is 0 Å². The number of nitrogens with zero attached hydrogens (tertiary/aromatic N) is 2. The van der Waals surface area contributed by atoms with Crippen molar-refractivity contribution in [2.24, 2.45) is 5.73 Å². The minimum absolute atomic E-state index is 0.579. The van der Waals surface area contributed by atoms with Crippen molar-refractivity contribution < 1.29 is 0 Å². The second-order valence-electron chi connectivity index (χ2n) is 5.49. The molecule has 0 aromatic rings. The van der Waals surface area contributed by atoms with E-state index in [9.17, 15) is 0 Å². The van der Waals surface area contributed by atoms with Gasteiger partial charge >= 0.3 is 0 Å². The molecule has 2 rings (SSSR count). The minimum atomic E-state index is -0.579. The monoisotopic (exact) mass is 221 g/mol. The molecule has 2 N–H and O–H groups in total. The highest BCUT2D eigenvalue weighted by atomic mass is 15.2. The molecule has 1 aliphatic carbocycles. The summed E-state index contributed by atoms with van der Waals surface area (Å²) in [5, 5.41) is 9.12. The van der Waals surface area contributed by atoms with Gasteiger partial charge in [0.25, 0.3) is 0 Å². The molecule has 0 amide bonds. The molecule has 2 aliphatic rings. The summed E-state index contributed by atoms with van der Waals surface area (Å²) in [5.41, 5.74) is 5.51. The molecule has 1 unspecified atom stereocenters. The molecule has 1 saturated heterocycles. The van der Waals surface area contributed by atoms with Crippen molar-refractivity contribution in [1.29, 1.82) is 5.26 Å². The van der Waals surface area contributed by atoms with Gasteiger partial charge in [0.1, 0.15) is 5.54 Å². The number of hydrogen-bond acceptors (Lipinski definition) is 3. The molecular formula is C13H23N3. The van der Waals surface area contributed by atoms with E-state index in [1.54, 1.807) is 0 Å². The summed E-state index contributed by atoms with van der Waals surface area (Å²) in [6.45, 7) is 1.93. The van der Waals surface area contributed by atoms with Crippen LogP contribution in [0.15, 0.2) is 0 Å². The predicted octanol–water partition coefficient (Wildman–Crippen LogP) is 2.03. The molecule has 3 nitrogen and oxygen atoms in total. The third-order valence-corrected chi connectivity index (χ3v) is 4.12. The molecule has 1 aliphatic heterocycles. The van der Waals surface area contributed by atoms with Crippen LogP contribution < -0.4 is 5.73 Å². The zero-order valence-corrected chi connectivity index (χ0v) is 10.1. The average Bonchev–Trinajstić information content (AvgIpc) is 2.58. The van der Waals surface area contributed by atoms with Crippen LogP contribution in [0, 0.1) is 11.3 Å². The van der Waals surface area contributed by atoms with Gasteiger partial charge in [0.2, 0.25) is 0 Å². The standard InChI is InChI=1S/C13H23N3/c14-10-13(15)8-5-9-16(11-13)12-6-3-1-2-4-7-12/h12H,1-9,11,15H2. The van der Waals surface area contributed by atoms with Gasteiger partial charge in [0, 0.05) is 12.6 Å². The van der Waals surface area contributed by atoms with E-state index in [0.717, 1.165) is 25.9 Å². The Bertz CT molecular complexity index is 263. The predicted molar refractivity (Wildman–Crippen MR) is 64.8 cm³/mol. The van der Waals surface area contributed by atoms with Crippen LogP contribution in [-0.4, -0.2) is 29.6 Å². The van der Waals surface area contributed by atoms with Crippen molar-refractivity contribution in [3.05, 3.63) is 0 Å². The van der Waals surface area contributed by atoms with Crippen molar-refractivity contribution in [3.63, 3.8) is 0 Å². The second kappa shape index (κ2) is 5.16. The van der Waals surface area contributed by atoms with E-state index in [2.05, 4.69) is 11.0 Å². The summed E-state index contributed by atoms with van der Waals surface area (Å²) in [6.07, 6.45) is 10.0. The van der Waals surface area contributed by atoms with Crippen LogP contribution in [0.3, 0.4) is 0 Å². The zero-order chi connectivity index (χ0) is 11.4. The van der Waals surface area contributed by atoms with Crippen LogP contribution in [0.4, 0.5) is 0 Å². The number of likely N-dealkylation sites (tertiary alicyclic amines) is 1. The molecule has 0 bridgehead atoms. The maximum absolute atomic E-state index is 9.12. The number of hydrogen-bond donors (Lipinski definition) is 1.